The van der Waals surface area contributed by atoms with Crippen molar-refractivity contribution < 1.29 is 9.53 Å². The van der Waals surface area contributed by atoms with Crippen LogP contribution in [0.25, 0.3) is 11.1 Å². The van der Waals surface area contributed by atoms with Gasteiger partial charge in [-0.3, -0.25) is 0 Å². The lowest BCUT2D eigenvalue weighted by Gasteiger charge is -2.26. The highest BCUT2D eigenvalue weighted by atomic mass is 16.6. The molecule has 0 saturated heterocycles. The standard InChI is InChI=1S/C21H25NO2/c1-13(2)14-6-5-7-15(10-14)16-8-9-18-17(11-16)12-21(3,4)19(18)24-20(22)23/h5-11,13,19H,12H2,1-4H3,(H2,22,23)/t19-/m0/s1. The molecule has 2 aromatic carbocycles. The van der Waals surface area contributed by atoms with E-state index in [0.29, 0.717) is 5.92 Å². The van der Waals surface area contributed by atoms with Crippen LogP contribution in [0.3, 0.4) is 0 Å². The quantitative estimate of drug-likeness (QED) is 0.844. The number of hydrogen-bond donors (Lipinski definition) is 1. The van der Waals surface area contributed by atoms with Gasteiger partial charge in [-0.25, -0.2) is 4.79 Å². The Bertz CT molecular complexity index is 777. The predicted molar refractivity (Wildman–Crippen MR) is 96.9 cm³/mol. The Morgan fingerprint density at radius 3 is 2.54 bits per heavy atom. The lowest BCUT2D eigenvalue weighted by molar-refractivity contribution is 0.0392. The number of fused-ring (bicyclic) bond motifs is 1. The number of hydrogen-bond acceptors (Lipinski definition) is 2. The summed E-state index contributed by atoms with van der Waals surface area (Å²) in [5, 5.41) is 0. The Morgan fingerprint density at radius 2 is 1.88 bits per heavy atom. The average molecular weight is 323 g/mol. The van der Waals surface area contributed by atoms with Gasteiger partial charge in [-0.1, -0.05) is 70.2 Å². The highest BCUT2D eigenvalue weighted by Crippen LogP contribution is 2.48. The van der Waals surface area contributed by atoms with Crippen molar-refractivity contribution in [3.05, 3.63) is 59.2 Å². The molecule has 1 aliphatic rings. The van der Waals surface area contributed by atoms with Gasteiger partial charge in [-0.2, -0.15) is 0 Å². The molecule has 0 bridgehead atoms. The van der Waals surface area contributed by atoms with Crippen LogP contribution in [0.2, 0.25) is 0 Å². The molecule has 0 radical (unpaired) electrons. The van der Waals surface area contributed by atoms with Crippen molar-refractivity contribution in [2.75, 3.05) is 0 Å². The summed E-state index contributed by atoms with van der Waals surface area (Å²) in [6.07, 6.45) is -0.117. The van der Waals surface area contributed by atoms with Gasteiger partial charge in [0.25, 0.3) is 0 Å². The number of carbonyl (C=O) groups excluding carboxylic acids is 1. The molecule has 3 rings (SSSR count). The molecule has 0 unspecified atom stereocenters. The second-order valence-corrected chi connectivity index (χ2v) is 7.68. The Kier molecular flexibility index (Phi) is 4.12. The number of rotatable bonds is 3. The van der Waals surface area contributed by atoms with E-state index in [2.05, 4.69) is 70.2 Å². The second-order valence-electron chi connectivity index (χ2n) is 7.68. The first-order valence-corrected chi connectivity index (χ1v) is 8.47. The van der Waals surface area contributed by atoms with E-state index in [1.165, 1.54) is 22.3 Å². The molecule has 2 aromatic rings. The fraction of sp³-hybridized carbons (Fsp3) is 0.381. The molecule has 0 aliphatic heterocycles. The second kappa shape index (κ2) is 5.97. The van der Waals surface area contributed by atoms with Crippen molar-refractivity contribution >= 4 is 6.09 Å². The Morgan fingerprint density at radius 1 is 1.17 bits per heavy atom. The van der Waals surface area contributed by atoms with Crippen molar-refractivity contribution in [3.8, 4) is 11.1 Å². The maximum Gasteiger partial charge on any atom is 0.405 e. The van der Waals surface area contributed by atoms with Crippen molar-refractivity contribution in [2.24, 2.45) is 11.1 Å². The smallest absolute Gasteiger partial charge is 0.405 e. The van der Waals surface area contributed by atoms with Crippen molar-refractivity contribution in [1.82, 2.24) is 0 Å². The summed E-state index contributed by atoms with van der Waals surface area (Å²) in [7, 11) is 0. The largest absolute Gasteiger partial charge is 0.441 e. The van der Waals surface area contributed by atoms with Crippen LogP contribution in [0.15, 0.2) is 42.5 Å². The molecule has 3 nitrogen and oxygen atoms in total. The number of carbonyl (C=O) groups is 1. The van der Waals surface area contributed by atoms with E-state index in [1.807, 2.05) is 0 Å². The molecule has 0 heterocycles. The Hall–Kier alpha value is -2.29. The van der Waals surface area contributed by atoms with Gasteiger partial charge < -0.3 is 10.5 Å². The van der Waals surface area contributed by atoms with E-state index in [4.69, 9.17) is 10.5 Å². The summed E-state index contributed by atoms with van der Waals surface area (Å²) in [6.45, 7) is 8.63. The van der Waals surface area contributed by atoms with E-state index in [9.17, 15) is 4.79 Å². The average Bonchev–Trinajstić information content (AvgIpc) is 2.76. The van der Waals surface area contributed by atoms with E-state index in [1.54, 1.807) is 0 Å². The van der Waals surface area contributed by atoms with E-state index in [-0.39, 0.29) is 11.5 Å². The van der Waals surface area contributed by atoms with Crippen molar-refractivity contribution in [2.45, 2.75) is 46.1 Å². The normalized spacial score (nSPS) is 18.5. The van der Waals surface area contributed by atoms with Crippen LogP contribution in [-0.2, 0) is 11.2 Å². The lowest BCUT2D eigenvalue weighted by atomic mass is 9.87. The first kappa shape index (κ1) is 16.6. The Labute approximate surface area is 143 Å². The van der Waals surface area contributed by atoms with Crippen LogP contribution in [0.1, 0.15) is 56.4 Å². The molecule has 0 fully saturated rings. The molecule has 0 aromatic heterocycles. The first-order valence-electron chi connectivity index (χ1n) is 8.47. The van der Waals surface area contributed by atoms with Gasteiger partial charge in [0.15, 0.2) is 0 Å². The van der Waals surface area contributed by atoms with Crippen LogP contribution < -0.4 is 5.73 Å². The van der Waals surface area contributed by atoms with Crippen molar-refractivity contribution in [3.63, 3.8) is 0 Å². The summed E-state index contributed by atoms with van der Waals surface area (Å²) in [6, 6.07) is 15.1. The Balaban J connectivity index is 1.99. The molecule has 2 N–H and O–H groups in total. The summed E-state index contributed by atoms with van der Waals surface area (Å²) < 4.78 is 5.39. The van der Waals surface area contributed by atoms with Gasteiger partial charge in [0, 0.05) is 5.41 Å². The summed E-state index contributed by atoms with van der Waals surface area (Å²) in [5.41, 5.74) is 11.2. The monoisotopic (exact) mass is 323 g/mol. The summed E-state index contributed by atoms with van der Waals surface area (Å²) in [5.74, 6) is 0.506. The number of nitrogens with two attached hydrogens (primary N) is 1. The van der Waals surface area contributed by atoms with Gasteiger partial charge in [0.2, 0.25) is 0 Å². The minimum absolute atomic E-state index is 0.143. The van der Waals surface area contributed by atoms with E-state index in [0.717, 1.165) is 12.0 Å². The van der Waals surface area contributed by atoms with Gasteiger partial charge in [0.1, 0.15) is 6.10 Å². The molecule has 1 atom stereocenters. The zero-order valence-electron chi connectivity index (χ0n) is 14.8. The maximum atomic E-state index is 11.2. The van der Waals surface area contributed by atoms with Gasteiger partial charge in [0.05, 0.1) is 0 Å². The minimum Gasteiger partial charge on any atom is -0.441 e. The number of primary amides is 1. The topological polar surface area (TPSA) is 52.3 Å². The molecule has 24 heavy (non-hydrogen) atoms. The van der Waals surface area contributed by atoms with Crippen LogP contribution >= 0.6 is 0 Å². The van der Waals surface area contributed by atoms with E-state index >= 15 is 0 Å². The molecular formula is C21H25NO2. The molecule has 1 amide bonds. The molecule has 0 spiro atoms. The fourth-order valence-corrected chi connectivity index (χ4v) is 3.62. The van der Waals surface area contributed by atoms with Gasteiger partial charge in [-0.15, -0.1) is 0 Å². The zero-order valence-corrected chi connectivity index (χ0v) is 14.8. The summed E-state index contributed by atoms with van der Waals surface area (Å²) >= 11 is 0. The fourth-order valence-electron chi connectivity index (χ4n) is 3.62. The van der Waals surface area contributed by atoms with Crippen LogP contribution in [0.4, 0.5) is 4.79 Å². The zero-order chi connectivity index (χ0) is 17.5. The maximum absolute atomic E-state index is 11.2. The van der Waals surface area contributed by atoms with Crippen molar-refractivity contribution in [1.29, 1.82) is 0 Å². The third kappa shape index (κ3) is 3.03. The number of benzene rings is 2. The van der Waals surface area contributed by atoms with Gasteiger partial charge >= 0.3 is 6.09 Å². The highest BCUT2D eigenvalue weighted by molar-refractivity contribution is 5.68. The predicted octanol–water partition coefficient (Wildman–Crippen LogP) is 5.20. The molecule has 126 valence electrons. The summed E-state index contributed by atoms with van der Waals surface area (Å²) in [4.78, 5) is 11.2. The lowest BCUT2D eigenvalue weighted by Crippen LogP contribution is -2.25. The number of ether oxygens (including phenoxy) is 1. The molecular weight excluding hydrogens is 298 g/mol. The van der Waals surface area contributed by atoms with Crippen LogP contribution in [0.5, 0.6) is 0 Å². The van der Waals surface area contributed by atoms with Crippen LogP contribution in [-0.4, -0.2) is 6.09 Å². The molecule has 1 aliphatic carbocycles. The van der Waals surface area contributed by atoms with E-state index < -0.39 is 6.09 Å². The van der Waals surface area contributed by atoms with Gasteiger partial charge in [-0.05, 0) is 40.2 Å². The van der Waals surface area contributed by atoms with Crippen LogP contribution in [0, 0.1) is 5.41 Å². The third-order valence-electron chi connectivity index (χ3n) is 4.90. The first-order chi connectivity index (χ1) is 11.3. The molecule has 3 heteroatoms. The number of amides is 1. The molecule has 0 saturated carbocycles. The third-order valence-corrected chi connectivity index (χ3v) is 4.90. The SMILES string of the molecule is CC(C)c1cccc(-c2ccc3c(c2)CC(C)(C)[C@H]3OC(N)=O)c1. The minimum atomic E-state index is -0.713. The highest BCUT2D eigenvalue weighted by Gasteiger charge is 2.41.